The molecule has 4 heterocycles. The smallest absolute Gasteiger partial charge is 0.233 e. The fourth-order valence-electron chi connectivity index (χ4n) is 4.75. The monoisotopic (exact) mass is 443 g/mol. The molecule has 0 unspecified atom stereocenters. The van der Waals surface area contributed by atoms with Gasteiger partial charge in [0.05, 0.1) is 11.1 Å². The number of aromatic nitrogens is 4. The van der Waals surface area contributed by atoms with E-state index in [1.165, 1.54) is 46.9 Å². The lowest BCUT2D eigenvalue weighted by Gasteiger charge is -2.19. The first kappa shape index (κ1) is 20.2. The molecular weight excluding hydrogens is 414 g/mol. The first-order valence-electron chi connectivity index (χ1n) is 11.2. The summed E-state index contributed by atoms with van der Waals surface area (Å²) in [5.41, 5.74) is 2.35. The fraction of sp³-hybridized carbons (Fsp3) is 0.636. The first-order chi connectivity index (χ1) is 14.7. The molecule has 0 aromatic carbocycles. The quantitative estimate of drug-likeness (QED) is 0.555. The molecule has 0 N–H and O–H groups in total. The summed E-state index contributed by atoms with van der Waals surface area (Å²) in [7, 11) is 0. The minimum absolute atomic E-state index is 0.215. The van der Waals surface area contributed by atoms with Crippen molar-refractivity contribution in [2.75, 3.05) is 18.8 Å². The van der Waals surface area contributed by atoms with Crippen molar-refractivity contribution >= 4 is 44.9 Å². The van der Waals surface area contributed by atoms with Gasteiger partial charge in [-0.25, -0.2) is 4.98 Å². The lowest BCUT2D eigenvalue weighted by Crippen LogP contribution is -2.33. The Hall–Kier alpha value is -1.67. The number of hydrogen-bond acceptors (Lipinski definition) is 6. The van der Waals surface area contributed by atoms with Crippen molar-refractivity contribution in [2.24, 2.45) is 5.92 Å². The van der Waals surface area contributed by atoms with Crippen molar-refractivity contribution in [1.82, 2.24) is 24.5 Å². The van der Waals surface area contributed by atoms with E-state index in [1.54, 1.807) is 0 Å². The molecule has 8 heteroatoms. The lowest BCUT2D eigenvalue weighted by atomic mass is 9.89. The van der Waals surface area contributed by atoms with Gasteiger partial charge in [0.25, 0.3) is 0 Å². The van der Waals surface area contributed by atoms with Crippen molar-refractivity contribution in [2.45, 2.75) is 70.4 Å². The zero-order valence-corrected chi connectivity index (χ0v) is 19.4. The van der Waals surface area contributed by atoms with Crippen molar-refractivity contribution in [1.29, 1.82) is 0 Å². The van der Waals surface area contributed by atoms with E-state index in [4.69, 9.17) is 4.98 Å². The van der Waals surface area contributed by atoms with Crippen LogP contribution in [-0.4, -0.2) is 49.2 Å². The molecule has 1 atom stereocenters. The second-order valence-corrected chi connectivity index (χ2v) is 10.7. The van der Waals surface area contributed by atoms with Crippen LogP contribution in [0.4, 0.5) is 0 Å². The Morgan fingerprint density at radius 1 is 1.20 bits per heavy atom. The topological polar surface area (TPSA) is 63.4 Å². The van der Waals surface area contributed by atoms with Crippen molar-refractivity contribution < 1.29 is 4.79 Å². The lowest BCUT2D eigenvalue weighted by molar-refractivity contribution is -0.128. The summed E-state index contributed by atoms with van der Waals surface area (Å²) in [6, 6.07) is 0. The molecule has 1 aliphatic heterocycles. The number of hydrogen-bond donors (Lipinski definition) is 0. The zero-order valence-electron chi connectivity index (χ0n) is 17.8. The normalized spacial score (nSPS) is 19.9. The van der Waals surface area contributed by atoms with Crippen LogP contribution in [0.5, 0.6) is 0 Å². The number of amides is 1. The van der Waals surface area contributed by atoms with E-state index in [2.05, 4.69) is 28.4 Å². The first-order valence-corrected chi connectivity index (χ1v) is 13.0. The zero-order chi connectivity index (χ0) is 20.7. The van der Waals surface area contributed by atoms with Crippen LogP contribution in [0.15, 0.2) is 5.16 Å². The second-order valence-electron chi connectivity index (χ2n) is 8.64. The third-order valence-corrected chi connectivity index (χ3v) is 8.50. The third-order valence-electron chi connectivity index (χ3n) is 6.44. The maximum atomic E-state index is 12.8. The van der Waals surface area contributed by atoms with Gasteiger partial charge in [0.1, 0.15) is 10.7 Å². The molecule has 0 spiro atoms. The van der Waals surface area contributed by atoms with Crippen LogP contribution in [0.3, 0.4) is 0 Å². The van der Waals surface area contributed by atoms with Gasteiger partial charge in [0.15, 0.2) is 10.8 Å². The van der Waals surface area contributed by atoms with Crippen LogP contribution < -0.4 is 0 Å². The number of carbonyl (C=O) groups excluding carboxylic acids is 1. The van der Waals surface area contributed by atoms with Gasteiger partial charge in [-0.1, -0.05) is 38.5 Å². The van der Waals surface area contributed by atoms with E-state index in [0.717, 1.165) is 72.6 Å². The molecule has 1 saturated heterocycles. The van der Waals surface area contributed by atoms with Crippen LogP contribution in [0, 0.1) is 5.92 Å². The predicted octanol–water partition coefficient (Wildman–Crippen LogP) is 4.52. The van der Waals surface area contributed by atoms with Gasteiger partial charge in [-0.2, -0.15) is 0 Å². The van der Waals surface area contributed by atoms with Crippen LogP contribution in [0.2, 0.25) is 0 Å². The Bertz CT molecular complexity index is 1080. The highest BCUT2D eigenvalue weighted by atomic mass is 32.2. The van der Waals surface area contributed by atoms with Gasteiger partial charge in [-0.3, -0.25) is 9.20 Å². The summed E-state index contributed by atoms with van der Waals surface area (Å²) in [6.45, 7) is 6.24. The summed E-state index contributed by atoms with van der Waals surface area (Å²) in [4.78, 5) is 22.4. The Morgan fingerprint density at radius 3 is 2.77 bits per heavy atom. The number of nitrogens with zero attached hydrogens (tertiary/aromatic N) is 5. The molecule has 30 heavy (non-hydrogen) atoms. The Labute approximate surface area is 185 Å². The van der Waals surface area contributed by atoms with Gasteiger partial charge >= 0.3 is 0 Å². The van der Waals surface area contributed by atoms with E-state index in [0.29, 0.717) is 5.75 Å². The van der Waals surface area contributed by atoms with Crippen LogP contribution in [-0.2, 0) is 24.1 Å². The average molecular weight is 444 g/mol. The summed E-state index contributed by atoms with van der Waals surface area (Å²) in [5.74, 6) is 2.36. The van der Waals surface area contributed by atoms with Gasteiger partial charge in [-0.15, -0.1) is 21.5 Å². The number of likely N-dealkylation sites (tertiary alicyclic amines) is 1. The fourth-order valence-corrected chi connectivity index (χ4v) is 7.00. The largest absolute Gasteiger partial charge is 0.342 e. The highest BCUT2D eigenvalue weighted by Gasteiger charge is 2.26. The number of carbonyl (C=O) groups is 1. The van der Waals surface area contributed by atoms with Crippen LogP contribution in [0.1, 0.15) is 62.2 Å². The Kier molecular flexibility index (Phi) is 5.71. The molecule has 0 bridgehead atoms. The standard InChI is InChI=1S/C22H29N5OS2/c1-3-17-23-21-19(15-9-8-14(2)12-16(15)30-21)20-24-25-22(27(17)20)29-13-18(28)26-10-6-4-5-7-11-26/h14H,3-13H2,1-2H3/t14-/m1/s1. The maximum Gasteiger partial charge on any atom is 0.233 e. The number of rotatable bonds is 4. The van der Waals surface area contributed by atoms with Gasteiger partial charge < -0.3 is 4.90 Å². The maximum absolute atomic E-state index is 12.8. The summed E-state index contributed by atoms with van der Waals surface area (Å²) in [5, 5.41) is 11.1. The molecule has 5 rings (SSSR count). The number of thiophene rings is 1. The molecule has 160 valence electrons. The summed E-state index contributed by atoms with van der Waals surface area (Å²) < 4.78 is 2.10. The third kappa shape index (κ3) is 3.62. The highest BCUT2D eigenvalue weighted by molar-refractivity contribution is 7.99. The van der Waals surface area contributed by atoms with Gasteiger partial charge in [0.2, 0.25) is 5.91 Å². The van der Waals surface area contributed by atoms with E-state index < -0.39 is 0 Å². The van der Waals surface area contributed by atoms with E-state index in [1.807, 2.05) is 16.2 Å². The molecule has 3 aromatic heterocycles. The minimum atomic E-state index is 0.215. The number of fused-ring (bicyclic) bond motifs is 5. The van der Waals surface area contributed by atoms with Crippen molar-refractivity contribution in [3.05, 3.63) is 16.3 Å². The van der Waals surface area contributed by atoms with E-state index in [-0.39, 0.29) is 5.91 Å². The summed E-state index contributed by atoms with van der Waals surface area (Å²) in [6.07, 6.45) is 8.99. The molecule has 3 aromatic rings. The summed E-state index contributed by atoms with van der Waals surface area (Å²) >= 11 is 3.34. The number of thioether (sulfide) groups is 1. The SMILES string of the molecule is CCc1nc2sc3c(c2c2nnc(SCC(=O)N4CCCCCC4)n12)CC[C@@H](C)C3. The predicted molar refractivity (Wildman–Crippen MR) is 123 cm³/mol. The van der Waals surface area contributed by atoms with Crippen LogP contribution in [0.25, 0.3) is 15.9 Å². The average Bonchev–Trinajstić information content (AvgIpc) is 3.20. The van der Waals surface area contributed by atoms with Crippen molar-refractivity contribution in [3.63, 3.8) is 0 Å². The van der Waals surface area contributed by atoms with Crippen LogP contribution >= 0.6 is 23.1 Å². The highest BCUT2D eigenvalue weighted by Crippen LogP contribution is 2.39. The van der Waals surface area contributed by atoms with E-state index >= 15 is 0 Å². The van der Waals surface area contributed by atoms with Gasteiger partial charge in [0, 0.05) is 24.4 Å². The minimum Gasteiger partial charge on any atom is -0.342 e. The van der Waals surface area contributed by atoms with E-state index in [9.17, 15) is 4.79 Å². The molecular formula is C22H29N5OS2. The molecule has 1 amide bonds. The molecule has 1 aliphatic carbocycles. The molecule has 2 aliphatic rings. The second kappa shape index (κ2) is 8.46. The number of aryl methyl sites for hydroxylation is 2. The van der Waals surface area contributed by atoms with Crippen molar-refractivity contribution in [3.8, 4) is 0 Å². The molecule has 6 nitrogen and oxygen atoms in total. The molecule has 1 fully saturated rings. The Balaban J connectivity index is 1.47. The molecule has 0 saturated carbocycles. The molecule has 0 radical (unpaired) electrons. The Morgan fingerprint density at radius 2 is 2.00 bits per heavy atom. The van der Waals surface area contributed by atoms with Gasteiger partial charge in [-0.05, 0) is 43.6 Å².